The summed E-state index contributed by atoms with van der Waals surface area (Å²) in [4.78, 5) is 41.1. The van der Waals surface area contributed by atoms with Crippen LogP contribution in [0.25, 0.3) is 5.69 Å². The van der Waals surface area contributed by atoms with Gasteiger partial charge in [0.25, 0.3) is 17.4 Å². The molecule has 2 amide bonds. The molecule has 1 aliphatic heterocycles. The van der Waals surface area contributed by atoms with Gasteiger partial charge in [0.1, 0.15) is 16.9 Å². The number of aromatic nitrogens is 2. The molecule has 1 aliphatic rings. The predicted octanol–water partition coefficient (Wildman–Crippen LogP) is 1.72. The Morgan fingerprint density at radius 3 is 2.57 bits per heavy atom. The van der Waals surface area contributed by atoms with E-state index in [0.717, 1.165) is 11.0 Å². The van der Waals surface area contributed by atoms with Crippen molar-refractivity contribution in [3.8, 4) is 11.8 Å². The van der Waals surface area contributed by atoms with Crippen LogP contribution in [0.4, 0.5) is 5.82 Å². The summed E-state index contributed by atoms with van der Waals surface area (Å²) >= 11 is 1.31. The Kier molecular flexibility index (Phi) is 4.18. The van der Waals surface area contributed by atoms with Crippen molar-refractivity contribution in [2.75, 3.05) is 5.73 Å². The highest BCUT2D eigenvalue weighted by Gasteiger charge is 2.31. The molecule has 0 unspecified atom stereocenters. The number of imide groups is 1. The van der Waals surface area contributed by atoms with E-state index in [1.807, 2.05) is 0 Å². The summed E-state index contributed by atoms with van der Waals surface area (Å²) in [5.74, 6) is -1.35. The van der Waals surface area contributed by atoms with Crippen LogP contribution in [-0.2, 0) is 0 Å². The molecule has 3 aromatic rings. The maximum atomic E-state index is 12.5. The molecule has 136 valence electrons. The molecule has 0 bridgehead atoms. The van der Waals surface area contributed by atoms with Crippen LogP contribution in [-0.4, -0.2) is 21.4 Å². The van der Waals surface area contributed by atoms with Crippen molar-refractivity contribution in [1.29, 1.82) is 5.26 Å². The monoisotopic (exact) mass is 389 g/mol. The fourth-order valence-electron chi connectivity index (χ4n) is 2.88. The lowest BCUT2D eigenvalue weighted by molar-refractivity contribution is 0.0880. The number of nitrogen functional groups attached to an aromatic ring is 1. The van der Waals surface area contributed by atoms with E-state index in [1.165, 1.54) is 16.3 Å². The maximum absolute atomic E-state index is 12.5. The number of benzene rings is 1. The van der Waals surface area contributed by atoms with Crippen molar-refractivity contribution in [3.05, 3.63) is 75.7 Å². The molecule has 28 heavy (non-hydrogen) atoms. The van der Waals surface area contributed by atoms with Gasteiger partial charge in [0.05, 0.1) is 22.4 Å². The Morgan fingerprint density at radius 2 is 1.86 bits per heavy atom. The number of amides is 2. The summed E-state index contributed by atoms with van der Waals surface area (Å²) in [7, 11) is 0. The largest absolute Gasteiger partial charge is 0.384 e. The average Bonchev–Trinajstić information content (AvgIpc) is 2.97. The zero-order valence-corrected chi connectivity index (χ0v) is 15.0. The molecule has 3 N–H and O–H groups in total. The van der Waals surface area contributed by atoms with Gasteiger partial charge in [-0.3, -0.25) is 24.3 Å². The molecule has 0 aliphatic carbocycles. The number of anilines is 1. The van der Waals surface area contributed by atoms with E-state index in [9.17, 15) is 14.4 Å². The lowest BCUT2D eigenvalue weighted by Crippen LogP contribution is -2.24. The molecule has 0 saturated heterocycles. The van der Waals surface area contributed by atoms with Gasteiger partial charge in [0.2, 0.25) is 0 Å². The number of pyridine rings is 2. The van der Waals surface area contributed by atoms with E-state index in [-0.39, 0.29) is 16.9 Å². The zero-order valence-electron chi connectivity index (χ0n) is 14.2. The maximum Gasteiger partial charge on any atom is 0.262 e. The summed E-state index contributed by atoms with van der Waals surface area (Å²) < 4.78 is 1.17. The number of hydrogen-bond acceptors (Lipinski definition) is 7. The molecule has 0 radical (unpaired) electrons. The molecule has 0 spiro atoms. The van der Waals surface area contributed by atoms with E-state index in [4.69, 9.17) is 11.0 Å². The minimum Gasteiger partial charge on any atom is -0.384 e. The highest BCUT2D eigenvalue weighted by molar-refractivity contribution is 7.99. The van der Waals surface area contributed by atoms with E-state index in [1.54, 1.807) is 42.6 Å². The van der Waals surface area contributed by atoms with Crippen LogP contribution in [0.15, 0.2) is 63.4 Å². The Bertz CT molecular complexity index is 1240. The molecule has 1 aromatic carbocycles. The Balaban J connectivity index is 1.72. The van der Waals surface area contributed by atoms with Gasteiger partial charge in [-0.05, 0) is 36.4 Å². The lowest BCUT2D eigenvalue weighted by Gasteiger charge is -2.12. The third kappa shape index (κ3) is 2.82. The van der Waals surface area contributed by atoms with E-state index in [2.05, 4.69) is 16.4 Å². The molecule has 8 nitrogen and oxygen atoms in total. The van der Waals surface area contributed by atoms with Crippen molar-refractivity contribution in [1.82, 2.24) is 14.9 Å². The van der Waals surface area contributed by atoms with Crippen molar-refractivity contribution >= 4 is 29.4 Å². The SMILES string of the molecule is N#Cc1cccnc1Sc1ccc(-n2c(N)c3c(cc2=O)C(=O)NC3=O)cc1. The second kappa shape index (κ2) is 6.68. The van der Waals surface area contributed by atoms with Crippen LogP contribution in [0.1, 0.15) is 26.3 Å². The van der Waals surface area contributed by atoms with Crippen LogP contribution in [0.5, 0.6) is 0 Å². The third-order valence-corrected chi connectivity index (χ3v) is 5.18. The quantitative estimate of drug-likeness (QED) is 0.652. The molecule has 0 fully saturated rings. The first kappa shape index (κ1) is 17.5. The number of nitrogens with one attached hydrogen (secondary N) is 1. The van der Waals surface area contributed by atoms with Gasteiger partial charge in [-0.2, -0.15) is 5.26 Å². The summed E-state index contributed by atoms with van der Waals surface area (Å²) in [5, 5.41) is 11.9. The molecule has 0 saturated carbocycles. The number of hydrogen-bond donors (Lipinski definition) is 2. The summed E-state index contributed by atoms with van der Waals surface area (Å²) in [6.07, 6.45) is 1.61. The lowest BCUT2D eigenvalue weighted by atomic mass is 10.1. The van der Waals surface area contributed by atoms with E-state index < -0.39 is 17.4 Å². The van der Waals surface area contributed by atoms with Gasteiger partial charge in [0.15, 0.2) is 0 Å². The first-order chi connectivity index (χ1) is 13.5. The second-order valence-corrected chi connectivity index (χ2v) is 6.90. The van der Waals surface area contributed by atoms with Gasteiger partial charge < -0.3 is 5.73 Å². The Hall–Kier alpha value is -3.90. The summed E-state index contributed by atoms with van der Waals surface area (Å²) in [5.41, 5.74) is 6.39. The number of fused-ring (bicyclic) bond motifs is 1. The second-order valence-electron chi connectivity index (χ2n) is 5.84. The highest BCUT2D eigenvalue weighted by atomic mass is 32.2. The molecule has 2 aromatic heterocycles. The molecular weight excluding hydrogens is 378 g/mol. The minimum atomic E-state index is -0.633. The number of nitrogens with zero attached hydrogens (tertiary/aromatic N) is 3. The van der Waals surface area contributed by atoms with Crippen molar-refractivity contribution in [2.24, 2.45) is 0 Å². The predicted molar refractivity (Wildman–Crippen MR) is 101 cm³/mol. The van der Waals surface area contributed by atoms with Crippen LogP contribution in [0.2, 0.25) is 0 Å². The molecule has 3 heterocycles. The average molecular weight is 389 g/mol. The molecule has 4 rings (SSSR count). The number of nitriles is 1. The number of carbonyl (C=O) groups excluding carboxylic acids is 2. The van der Waals surface area contributed by atoms with E-state index >= 15 is 0 Å². The fourth-order valence-corrected chi connectivity index (χ4v) is 3.71. The normalized spacial score (nSPS) is 12.4. The van der Waals surface area contributed by atoms with Crippen LogP contribution >= 0.6 is 11.8 Å². The van der Waals surface area contributed by atoms with Crippen LogP contribution in [0.3, 0.4) is 0 Å². The molecular formula is C19H11N5O3S. The van der Waals surface area contributed by atoms with Crippen LogP contribution < -0.4 is 16.6 Å². The molecule has 9 heteroatoms. The zero-order chi connectivity index (χ0) is 19.8. The van der Waals surface area contributed by atoms with Crippen molar-refractivity contribution < 1.29 is 9.59 Å². The smallest absolute Gasteiger partial charge is 0.262 e. The fraction of sp³-hybridized carbons (Fsp3) is 0. The van der Waals surface area contributed by atoms with Gasteiger partial charge in [-0.1, -0.05) is 11.8 Å². The topological polar surface area (TPSA) is 131 Å². The van der Waals surface area contributed by atoms with Gasteiger partial charge in [-0.25, -0.2) is 4.98 Å². The summed E-state index contributed by atoms with van der Waals surface area (Å²) in [6, 6.07) is 13.4. The van der Waals surface area contributed by atoms with Gasteiger partial charge in [0, 0.05) is 17.2 Å². The first-order valence-corrected chi connectivity index (χ1v) is 8.86. The Morgan fingerprint density at radius 1 is 1.11 bits per heavy atom. The van der Waals surface area contributed by atoms with Gasteiger partial charge in [-0.15, -0.1) is 0 Å². The first-order valence-electron chi connectivity index (χ1n) is 8.04. The van der Waals surface area contributed by atoms with Crippen LogP contribution in [0, 0.1) is 11.3 Å². The number of rotatable bonds is 3. The number of carbonyl (C=O) groups is 2. The van der Waals surface area contributed by atoms with Crippen molar-refractivity contribution in [3.63, 3.8) is 0 Å². The van der Waals surface area contributed by atoms with Crippen molar-refractivity contribution in [2.45, 2.75) is 9.92 Å². The molecule has 0 atom stereocenters. The standard InChI is InChI=1S/C19H11N5O3S/c20-9-10-2-1-7-22-19(10)28-12-5-3-11(4-6-12)24-14(25)8-13-15(16(24)21)18(27)23-17(13)26/h1-8H,21H2,(H,23,26,27). The minimum absolute atomic E-state index is 0.00445. The number of nitrogens with two attached hydrogens (primary N) is 1. The van der Waals surface area contributed by atoms with E-state index in [0.29, 0.717) is 16.3 Å². The Labute approximate surface area is 162 Å². The highest BCUT2D eigenvalue weighted by Crippen LogP contribution is 2.29. The third-order valence-electron chi connectivity index (χ3n) is 4.15. The van der Waals surface area contributed by atoms with Gasteiger partial charge >= 0.3 is 0 Å². The summed E-state index contributed by atoms with van der Waals surface area (Å²) in [6.45, 7) is 0.